The van der Waals surface area contributed by atoms with Gasteiger partial charge in [0.05, 0.1) is 69.5 Å². The van der Waals surface area contributed by atoms with E-state index in [0.717, 1.165) is 53.0 Å². The van der Waals surface area contributed by atoms with E-state index in [2.05, 4.69) is 44.3 Å². The maximum absolute atomic E-state index is 17.4. The summed E-state index contributed by atoms with van der Waals surface area (Å²) < 4.78 is 31.2. The van der Waals surface area contributed by atoms with E-state index in [0.29, 0.717) is 39.6 Å². The van der Waals surface area contributed by atoms with Crippen LogP contribution in [0.1, 0.15) is 105 Å². The number of ether oxygens (including phenoxy) is 1. The lowest BCUT2D eigenvalue weighted by molar-refractivity contribution is -0.137. The van der Waals surface area contributed by atoms with Gasteiger partial charge in [0, 0.05) is 63.8 Å². The second-order valence-corrected chi connectivity index (χ2v) is 17.7. The fourth-order valence-corrected chi connectivity index (χ4v) is 10.5. The predicted molar refractivity (Wildman–Crippen MR) is 213 cm³/mol. The number of amides is 1. The van der Waals surface area contributed by atoms with Crippen molar-refractivity contribution in [2.45, 2.75) is 109 Å². The molecule has 9 nitrogen and oxygen atoms in total. The van der Waals surface area contributed by atoms with Crippen LogP contribution in [0.2, 0.25) is 10.0 Å². The lowest BCUT2D eigenvalue weighted by atomic mass is 9.79. The third-order valence-electron chi connectivity index (χ3n) is 12.4. The zero-order chi connectivity index (χ0) is 38.4. The first-order valence-corrected chi connectivity index (χ1v) is 20.8. The molecular formula is C42H43Cl2FN6O3S. The minimum absolute atomic E-state index is 0.00858. The zero-order valence-corrected chi connectivity index (χ0v) is 33.5. The first-order chi connectivity index (χ1) is 26.5. The number of aryl methyl sites for hydroxylation is 2. The smallest absolute Gasteiger partial charge is 0.226 e. The molecule has 3 aliphatic heterocycles. The lowest BCUT2D eigenvalue weighted by Crippen LogP contribution is -2.43. The molecule has 2 saturated carbocycles. The molecule has 0 radical (unpaired) electrons. The summed E-state index contributed by atoms with van der Waals surface area (Å²) in [4.78, 5) is 22.4. The van der Waals surface area contributed by atoms with E-state index >= 15 is 4.39 Å². The molecule has 2 N–H and O–H groups in total. The Morgan fingerprint density at radius 1 is 1.20 bits per heavy atom. The normalized spacial score (nSPS) is 25.8. The summed E-state index contributed by atoms with van der Waals surface area (Å²) in [5, 5.41) is 26.5. The number of nitrogens with zero attached hydrogens (tertiary/aromatic N) is 5. The van der Waals surface area contributed by atoms with Crippen molar-refractivity contribution in [2.24, 2.45) is 11.8 Å². The van der Waals surface area contributed by atoms with Crippen LogP contribution in [-0.4, -0.2) is 54.6 Å². The van der Waals surface area contributed by atoms with Gasteiger partial charge in [-0.15, -0.1) is 0 Å². The number of likely N-dealkylation sites (tertiary alicyclic amines) is 1. The Morgan fingerprint density at radius 3 is 2.65 bits per heavy atom. The Morgan fingerprint density at radius 2 is 2.00 bits per heavy atom. The van der Waals surface area contributed by atoms with Gasteiger partial charge in [-0.1, -0.05) is 35.3 Å². The second kappa shape index (κ2) is 14.1. The molecule has 5 aromatic rings. The fourth-order valence-electron chi connectivity index (χ4n) is 9.52. The number of pyridine rings is 1. The number of rotatable bonds is 10. The van der Waals surface area contributed by atoms with Gasteiger partial charge in [-0.3, -0.25) is 4.79 Å². The highest BCUT2D eigenvalue weighted by Gasteiger charge is 2.52. The van der Waals surface area contributed by atoms with E-state index in [9.17, 15) is 15.2 Å². The number of halogens is 3. The molecule has 2 aliphatic carbocycles. The van der Waals surface area contributed by atoms with E-state index in [1.165, 1.54) is 11.5 Å². The van der Waals surface area contributed by atoms with Crippen LogP contribution in [-0.2, 0) is 16.0 Å². The maximum atomic E-state index is 17.4. The number of carbonyl (C=O) groups excluding carboxylic acids is 1. The van der Waals surface area contributed by atoms with Gasteiger partial charge in [-0.05, 0) is 101 Å². The number of aromatic nitrogens is 3. The van der Waals surface area contributed by atoms with Crippen molar-refractivity contribution < 1.29 is 19.0 Å². The van der Waals surface area contributed by atoms with Crippen LogP contribution in [0.15, 0.2) is 36.4 Å². The molecule has 13 heteroatoms. The van der Waals surface area contributed by atoms with Gasteiger partial charge in [0.15, 0.2) is 5.82 Å². The average molecular weight is 802 g/mol. The van der Waals surface area contributed by atoms with Crippen LogP contribution in [0.25, 0.3) is 32.9 Å². The van der Waals surface area contributed by atoms with Crippen molar-refractivity contribution in [3.8, 4) is 17.2 Å². The maximum Gasteiger partial charge on any atom is 0.226 e. The minimum Gasteiger partial charge on any atom is -0.387 e. The predicted octanol–water partition coefficient (Wildman–Crippen LogP) is 9.33. The number of carbonyl (C=O) groups is 1. The molecule has 5 fully saturated rings. The highest BCUT2D eigenvalue weighted by Crippen LogP contribution is 2.52. The van der Waals surface area contributed by atoms with Crippen LogP contribution in [0.3, 0.4) is 0 Å². The highest BCUT2D eigenvalue weighted by molar-refractivity contribution is 7.05. The van der Waals surface area contributed by atoms with Crippen LogP contribution in [0.5, 0.6) is 0 Å². The highest BCUT2D eigenvalue weighted by atomic mass is 35.5. The number of hydrogen-bond acceptors (Lipinski definition) is 8. The summed E-state index contributed by atoms with van der Waals surface area (Å²) in [7, 11) is 0. The molecule has 3 saturated heterocycles. The molecule has 1 amide bonds. The van der Waals surface area contributed by atoms with Crippen LogP contribution < -0.4 is 5.32 Å². The zero-order valence-electron chi connectivity index (χ0n) is 31.2. The van der Waals surface area contributed by atoms with Crippen LogP contribution in [0, 0.1) is 35.9 Å². The fraction of sp³-hybridized carbons (Fsp3) is 0.476. The summed E-state index contributed by atoms with van der Waals surface area (Å²) in [5.74, 6) is -0.108. The van der Waals surface area contributed by atoms with Gasteiger partial charge in [0.2, 0.25) is 5.91 Å². The van der Waals surface area contributed by atoms with Crippen molar-refractivity contribution in [3.63, 3.8) is 0 Å². The molecule has 8 unspecified atom stereocenters. The molecule has 10 rings (SSSR count). The summed E-state index contributed by atoms with van der Waals surface area (Å²) in [6.45, 7) is 8.65. The molecule has 8 atom stereocenters. The van der Waals surface area contributed by atoms with E-state index in [1.807, 2.05) is 19.9 Å². The average Bonchev–Trinajstić information content (AvgIpc) is 3.53. The van der Waals surface area contributed by atoms with E-state index < -0.39 is 11.9 Å². The third kappa shape index (κ3) is 6.07. The Kier molecular flexibility index (Phi) is 9.47. The molecule has 3 aromatic heterocycles. The number of nitrogens with one attached hydrogen (secondary N) is 1. The lowest BCUT2D eigenvalue weighted by Gasteiger charge is -2.39. The molecule has 0 spiro atoms. The largest absolute Gasteiger partial charge is 0.387 e. The second-order valence-electron chi connectivity index (χ2n) is 15.9. The van der Waals surface area contributed by atoms with Crippen molar-refractivity contribution in [2.75, 3.05) is 6.54 Å². The number of aliphatic hydroxyl groups is 1. The van der Waals surface area contributed by atoms with E-state index in [1.54, 1.807) is 25.1 Å². The van der Waals surface area contributed by atoms with Gasteiger partial charge in [0.1, 0.15) is 5.52 Å². The summed E-state index contributed by atoms with van der Waals surface area (Å²) in [6.07, 6.45) is 2.28. The topological polar surface area (TPSA) is 116 Å². The third-order valence-corrected chi connectivity index (χ3v) is 13.9. The van der Waals surface area contributed by atoms with Crippen molar-refractivity contribution in [1.29, 1.82) is 5.26 Å². The monoisotopic (exact) mass is 800 g/mol. The standard InChI is InChI=1S/C42H43Cl2FN6O3S/c1-19-13-30(49-55-19)22(4)54-34-17-33(50(20(34)2)42(53)23-10-11-23)32-16-28-38(21(3)52)48-39-27(41(28)51(32)40-25-15-31(40)47-18-25)14-24(7-6-12-46)35(37(39)45)26-8-5-9-29(43)36(26)44/h5,8-9,13-14,16,20-23,25,31,33-34,40,47,52H,6-7,10-11,15,17-18H2,1-4H3. The molecule has 2 aromatic carbocycles. The molecule has 6 heterocycles. The molecule has 5 aliphatic rings. The number of benzene rings is 2. The Balaban J connectivity index is 1.28. The quantitative estimate of drug-likeness (QED) is 0.145. The van der Waals surface area contributed by atoms with Gasteiger partial charge >= 0.3 is 0 Å². The van der Waals surface area contributed by atoms with Crippen LogP contribution >= 0.6 is 34.7 Å². The molecule has 55 heavy (non-hydrogen) atoms. The minimum atomic E-state index is -1.02. The first kappa shape index (κ1) is 37.0. The molecular weight excluding hydrogens is 758 g/mol. The Labute approximate surface area is 333 Å². The van der Waals surface area contributed by atoms with Crippen molar-refractivity contribution >= 4 is 62.4 Å². The van der Waals surface area contributed by atoms with Crippen molar-refractivity contribution in [3.05, 3.63) is 79.8 Å². The number of fused-ring (bicyclic) bond motifs is 4. The summed E-state index contributed by atoms with van der Waals surface area (Å²) in [5.41, 5.74) is 4.37. The van der Waals surface area contributed by atoms with Gasteiger partial charge in [-0.25, -0.2) is 9.37 Å². The van der Waals surface area contributed by atoms with Gasteiger partial charge in [-0.2, -0.15) is 9.64 Å². The first-order valence-electron chi connectivity index (χ1n) is 19.3. The Hall–Kier alpha value is -3.63. The number of hydrogen-bond donors (Lipinski definition) is 2. The van der Waals surface area contributed by atoms with E-state index in [4.69, 9.17) is 32.9 Å². The van der Waals surface area contributed by atoms with Crippen LogP contribution in [0.4, 0.5) is 4.39 Å². The SMILES string of the molecule is Cc1cc(C(C)OC2CC(c3cc4c(C(C)O)nc5c(F)c(-c6cccc(Cl)c6Cl)c(CCC#N)cc5c4n3C3C4CNC3C4)N(C(=O)C3CC3)C2C)ns1. The summed E-state index contributed by atoms with van der Waals surface area (Å²) in [6, 6.07) is 13.2. The summed E-state index contributed by atoms with van der Waals surface area (Å²) >= 11 is 14.6. The van der Waals surface area contributed by atoms with E-state index in [-0.39, 0.29) is 77.1 Å². The number of aliphatic hydroxyl groups excluding tert-OH is 1. The number of nitriles is 1. The molecule has 286 valence electrons. The van der Waals surface area contributed by atoms with Gasteiger partial charge < -0.3 is 24.6 Å². The van der Waals surface area contributed by atoms with Crippen molar-refractivity contribution in [1.82, 2.24) is 24.1 Å². The molecule has 2 bridgehead atoms. The van der Waals surface area contributed by atoms with Gasteiger partial charge in [0.25, 0.3) is 0 Å². The Bertz CT molecular complexity index is 2390.